The van der Waals surface area contributed by atoms with Gasteiger partial charge < -0.3 is 35.5 Å². The fourth-order valence-electron chi connectivity index (χ4n) is 3.59. The van der Waals surface area contributed by atoms with Crippen LogP contribution in [0.1, 0.15) is 17.5 Å². The van der Waals surface area contributed by atoms with E-state index < -0.39 is 11.9 Å². The number of carbonyl (C=O) groups is 2. The molecule has 0 saturated heterocycles. The number of ether oxygens (including phenoxy) is 2. The molecule has 0 aliphatic heterocycles. The number of nitrogens with one attached hydrogen (secondary N) is 2. The number of imidazole rings is 1. The zero-order valence-electron chi connectivity index (χ0n) is 22.3. The van der Waals surface area contributed by atoms with Crippen LogP contribution in [0, 0.1) is 5.92 Å². The average Bonchev–Trinajstić information content (AvgIpc) is 3.20. The van der Waals surface area contributed by atoms with Crippen LogP contribution in [0.2, 0.25) is 0 Å². The summed E-state index contributed by atoms with van der Waals surface area (Å²) >= 11 is 1.53. The third-order valence-corrected chi connectivity index (χ3v) is 6.89. The van der Waals surface area contributed by atoms with Crippen LogP contribution >= 0.6 is 11.8 Å². The fraction of sp³-hybridized carbons (Fsp3) is 0.480. The number of hydrogen-bond donors (Lipinski definition) is 4. The first-order chi connectivity index (χ1) is 18.7. The highest BCUT2D eigenvalue weighted by Crippen LogP contribution is 2.19. The minimum absolute atomic E-state index is 0.0492. The molecule has 0 fully saturated rings. The molecule has 1 aromatic carbocycles. The Kier molecular flexibility index (Phi) is 11.1. The maximum absolute atomic E-state index is 12.6. The number of anilines is 1. The number of aromatic amines is 1. The minimum Gasteiger partial charge on any atom is -0.481 e. The van der Waals surface area contributed by atoms with Crippen LogP contribution in [0.5, 0.6) is 6.01 Å². The van der Waals surface area contributed by atoms with E-state index in [1.165, 1.54) is 16.3 Å². The van der Waals surface area contributed by atoms with E-state index in [-0.39, 0.29) is 49.5 Å². The number of aromatic nitrogens is 4. The van der Waals surface area contributed by atoms with Gasteiger partial charge in [0, 0.05) is 38.1 Å². The highest BCUT2D eigenvalue weighted by atomic mass is 32.2. The topological polar surface area (TPSA) is 178 Å². The van der Waals surface area contributed by atoms with Crippen molar-refractivity contribution in [3.8, 4) is 6.01 Å². The molecule has 3 rings (SSSR count). The average molecular weight is 562 g/mol. The number of aliphatic carboxylic acids is 1. The molecule has 39 heavy (non-hydrogen) atoms. The van der Waals surface area contributed by atoms with Gasteiger partial charge >= 0.3 is 17.7 Å². The van der Waals surface area contributed by atoms with Gasteiger partial charge in [0.15, 0.2) is 11.5 Å². The molecule has 0 aliphatic carbocycles. The van der Waals surface area contributed by atoms with Gasteiger partial charge in [0.05, 0.1) is 19.1 Å². The summed E-state index contributed by atoms with van der Waals surface area (Å²) in [5.41, 5.74) is 7.92. The van der Waals surface area contributed by atoms with Gasteiger partial charge in [-0.1, -0.05) is 24.3 Å². The predicted octanol–water partition coefficient (Wildman–Crippen LogP) is 0.777. The normalized spacial score (nSPS) is 12.1. The number of carboxylic acids is 1. The van der Waals surface area contributed by atoms with E-state index in [0.717, 1.165) is 23.4 Å². The number of fused-ring (bicyclic) bond motifs is 1. The number of nitrogens with zero attached hydrogens (tertiary/aromatic N) is 4. The molecule has 0 saturated carbocycles. The van der Waals surface area contributed by atoms with Crippen LogP contribution in [-0.2, 0) is 27.4 Å². The molecule has 0 bridgehead atoms. The van der Waals surface area contributed by atoms with Crippen LogP contribution in [0.25, 0.3) is 11.2 Å². The number of hydrogen-bond acceptors (Lipinski definition) is 10. The molecule has 0 aliphatic rings. The largest absolute Gasteiger partial charge is 0.481 e. The standard InChI is InChI=1S/C25H35N7O6S/c1-31(2)8-11-39-15-18(23(34)35)12-19(33)27-13-16-4-6-17(7-5-16)14-32-22-20(28-25(32)36)21(26)29-24(30-22)38-10-9-37-3/h4-7,18H,8-15H2,1-3H3,(H,27,33)(H,28,36)(H,34,35)(H2,26,29,30). The van der Waals surface area contributed by atoms with Crippen molar-refractivity contribution in [1.29, 1.82) is 0 Å². The van der Waals surface area contributed by atoms with Crippen LogP contribution in [0.4, 0.5) is 5.82 Å². The number of rotatable bonds is 16. The Morgan fingerprint density at radius 1 is 1.21 bits per heavy atom. The van der Waals surface area contributed by atoms with Gasteiger partial charge in [-0.2, -0.15) is 21.7 Å². The van der Waals surface area contributed by atoms with Crippen LogP contribution in [-0.4, -0.2) is 93.9 Å². The molecule has 13 nitrogen and oxygen atoms in total. The first-order valence-corrected chi connectivity index (χ1v) is 13.5. The molecule has 1 atom stereocenters. The van der Waals surface area contributed by atoms with Gasteiger partial charge in [-0.25, -0.2) is 4.79 Å². The molecule has 2 aromatic heterocycles. The van der Waals surface area contributed by atoms with Crippen molar-refractivity contribution in [2.75, 3.05) is 58.2 Å². The van der Waals surface area contributed by atoms with Gasteiger partial charge in [-0.15, -0.1) is 0 Å². The van der Waals surface area contributed by atoms with Gasteiger partial charge in [-0.05, 0) is 25.2 Å². The number of H-pyrrole nitrogens is 1. The van der Waals surface area contributed by atoms with E-state index in [1.807, 2.05) is 43.3 Å². The maximum Gasteiger partial charge on any atom is 0.328 e. The Bertz CT molecular complexity index is 1310. The first-order valence-electron chi connectivity index (χ1n) is 12.4. The molecule has 5 N–H and O–H groups in total. The first kappa shape index (κ1) is 29.9. The summed E-state index contributed by atoms with van der Waals surface area (Å²) in [5, 5.41) is 12.3. The van der Waals surface area contributed by atoms with Gasteiger partial charge in [0.1, 0.15) is 12.1 Å². The fourth-order valence-corrected chi connectivity index (χ4v) is 4.80. The highest BCUT2D eigenvalue weighted by molar-refractivity contribution is 7.99. The molecule has 0 spiro atoms. The van der Waals surface area contributed by atoms with E-state index in [1.54, 1.807) is 7.11 Å². The molecule has 212 valence electrons. The van der Waals surface area contributed by atoms with E-state index in [9.17, 15) is 19.5 Å². The van der Waals surface area contributed by atoms with Gasteiger partial charge in [-0.3, -0.25) is 14.2 Å². The molecule has 14 heteroatoms. The lowest BCUT2D eigenvalue weighted by atomic mass is 10.1. The second-order valence-corrected chi connectivity index (χ2v) is 10.3. The van der Waals surface area contributed by atoms with Crippen molar-refractivity contribution in [3.05, 3.63) is 45.9 Å². The predicted molar refractivity (Wildman–Crippen MR) is 149 cm³/mol. The number of methoxy groups -OCH3 is 1. The molecular weight excluding hydrogens is 526 g/mol. The van der Waals surface area contributed by atoms with Crippen LogP contribution < -0.4 is 21.5 Å². The minimum atomic E-state index is -0.972. The maximum atomic E-state index is 12.6. The summed E-state index contributed by atoms with van der Waals surface area (Å²) in [6.45, 7) is 1.93. The summed E-state index contributed by atoms with van der Waals surface area (Å²) < 4.78 is 11.9. The molecule has 0 radical (unpaired) electrons. The molecule has 2 heterocycles. The quantitative estimate of drug-likeness (QED) is 0.182. The Hall–Kier alpha value is -3.62. The Morgan fingerprint density at radius 3 is 2.59 bits per heavy atom. The lowest BCUT2D eigenvalue weighted by Gasteiger charge is -2.14. The summed E-state index contributed by atoms with van der Waals surface area (Å²) in [7, 11) is 5.47. The molecule has 3 aromatic rings. The number of nitrogens with two attached hydrogens (primary N) is 1. The second-order valence-electron chi connectivity index (χ2n) is 9.16. The van der Waals surface area contributed by atoms with Crippen LogP contribution in [0.3, 0.4) is 0 Å². The lowest BCUT2D eigenvalue weighted by molar-refractivity contribution is -0.143. The zero-order valence-corrected chi connectivity index (χ0v) is 23.1. The Morgan fingerprint density at radius 2 is 1.92 bits per heavy atom. The third kappa shape index (κ3) is 8.97. The summed E-state index contributed by atoms with van der Waals surface area (Å²) in [6, 6.07) is 7.41. The third-order valence-electron chi connectivity index (χ3n) is 5.79. The zero-order chi connectivity index (χ0) is 28.4. The van der Waals surface area contributed by atoms with E-state index in [4.69, 9.17) is 15.2 Å². The van der Waals surface area contributed by atoms with Crippen molar-refractivity contribution < 1.29 is 24.2 Å². The van der Waals surface area contributed by atoms with E-state index in [2.05, 4.69) is 20.3 Å². The number of carbonyl (C=O) groups excluding carboxylic acids is 1. The van der Waals surface area contributed by atoms with Crippen LogP contribution in [0.15, 0.2) is 29.1 Å². The van der Waals surface area contributed by atoms with Crippen molar-refractivity contribution in [2.24, 2.45) is 5.92 Å². The van der Waals surface area contributed by atoms with Gasteiger partial charge in [0.25, 0.3) is 0 Å². The highest BCUT2D eigenvalue weighted by Gasteiger charge is 2.21. The second kappa shape index (κ2) is 14.5. The van der Waals surface area contributed by atoms with Crippen molar-refractivity contribution in [3.63, 3.8) is 0 Å². The number of carboxylic acid groups (broad SMARTS) is 1. The lowest BCUT2D eigenvalue weighted by Crippen LogP contribution is -2.29. The monoisotopic (exact) mass is 561 g/mol. The number of thioether (sulfide) groups is 1. The molecule has 1 unspecified atom stereocenters. The number of amides is 1. The van der Waals surface area contributed by atoms with Crippen molar-refractivity contribution in [2.45, 2.75) is 19.5 Å². The summed E-state index contributed by atoms with van der Waals surface area (Å²) in [5.74, 6) is -0.732. The molecular formula is C25H35N7O6S. The summed E-state index contributed by atoms with van der Waals surface area (Å²) in [4.78, 5) is 49.6. The smallest absolute Gasteiger partial charge is 0.328 e. The van der Waals surface area contributed by atoms with Crippen molar-refractivity contribution >= 4 is 40.6 Å². The number of nitrogen functional groups attached to an aromatic ring is 1. The Labute approximate surface area is 230 Å². The SMILES string of the molecule is COCCOc1nc(N)c2[nH]c(=O)n(Cc3ccc(CNC(=O)CC(CSCCN(C)C)C(=O)O)cc3)c2n1. The number of benzene rings is 1. The van der Waals surface area contributed by atoms with Crippen molar-refractivity contribution in [1.82, 2.24) is 29.7 Å². The Balaban J connectivity index is 1.58. The van der Waals surface area contributed by atoms with E-state index >= 15 is 0 Å². The van der Waals surface area contributed by atoms with Gasteiger partial charge in [0.2, 0.25) is 5.91 Å². The molecule has 1 amide bonds. The van der Waals surface area contributed by atoms with E-state index in [0.29, 0.717) is 23.5 Å². The summed E-state index contributed by atoms with van der Waals surface area (Å²) in [6.07, 6.45) is -0.0754.